The second-order valence-electron chi connectivity index (χ2n) is 12.0. The summed E-state index contributed by atoms with van der Waals surface area (Å²) in [6, 6.07) is 10.4. The highest BCUT2D eigenvalue weighted by molar-refractivity contribution is 8.77. The second kappa shape index (κ2) is 15.5. The van der Waals surface area contributed by atoms with Crippen molar-refractivity contribution in [2.75, 3.05) is 6.54 Å². The Balaban J connectivity index is 1.87. The Labute approximate surface area is 275 Å². The zero-order valence-electron chi connectivity index (χ0n) is 26.0. The smallest absolute Gasteiger partial charge is 0.327 e. The number of carbonyl (C=O) groups is 6. The largest absolute Gasteiger partial charge is 0.480 e. The van der Waals surface area contributed by atoms with Crippen molar-refractivity contribution in [2.24, 2.45) is 11.5 Å². The number of hydrogen-bond acceptors (Lipinski definition) is 9. The lowest BCUT2D eigenvalue weighted by Gasteiger charge is -2.38. The lowest BCUT2D eigenvalue weighted by molar-refractivity contribution is -0.143. The quantitative estimate of drug-likeness (QED) is 0.192. The van der Waals surface area contributed by atoms with Crippen molar-refractivity contribution in [3.8, 4) is 0 Å². The fourth-order valence-electron chi connectivity index (χ4n) is 4.62. The molecular formula is C31H40N6O7S2. The first kappa shape index (κ1) is 36.4. The lowest BCUT2D eigenvalue weighted by atomic mass is 10.00. The number of rotatable bonds is 8. The van der Waals surface area contributed by atoms with Crippen molar-refractivity contribution < 1.29 is 33.9 Å². The molecule has 3 rings (SSSR count). The number of amides is 5. The first-order valence-electron chi connectivity index (χ1n) is 14.5. The van der Waals surface area contributed by atoms with Gasteiger partial charge >= 0.3 is 5.97 Å². The first-order chi connectivity index (χ1) is 21.5. The van der Waals surface area contributed by atoms with Crippen LogP contribution in [0.25, 0.3) is 0 Å². The van der Waals surface area contributed by atoms with E-state index >= 15 is 0 Å². The predicted molar refractivity (Wildman–Crippen MR) is 177 cm³/mol. The van der Waals surface area contributed by atoms with Gasteiger partial charge in [-0.2, -0.15) is 0 Å². The fraction of sp³-hybridized carbons (Fsp3) is 0.419. The number of hydrogen-bond donors (Lipinski definition) is 7. The molecule has 0 radical (unpaired) electrons. The van der Waals surface area contributed by atoms with Gasteiger partial charge in [-0.05, 0) is 57.4 Å². The van der Waals surface area contributed by atoms with Crippen molar-refractivity contribution in [2.45, 2.75) is 74.2 Å². The molecule has 0 aromatic heterocycles. The summed E-state index contributed by atoms with van der Waals surface area (Å²) in [6.07, 6.45) is 0.176. The zero-order chi connectivity index (χ0) is 34.2. The van der Waals surface area contributed by atoms with Crippen LogP contribution in [0.3, 0.4) is 0 Å². The van der Waals surface area contributed by atoms with E-state index in [1.54, 1.807) is 70.2 Å². The summed E-state index contributed by atoms with van der Waals surface area (Å²) in [6.45, 7) is 6.15. The first-order valence-corrected chi connectivity index (χ1v) is 16.6. The van der Waals surface area contributed by atoms with Crippen LogP contribution < -0.4 is 32.7 Å². The second-order valence-corrected chi connectivity index (χ2v) is 15.4. The number of carboxylic acid groups (broad SMARTS) is 1. The Hall–Kier alpha value is -4.08. The van der Waals surface area contributed by atoms with E-state index in [1.165, 1.54) is 12.1 Å². The molecule has 13 nitrogen and oxygen atoms in total. The normalized spacial score (nSPS) is 22.6. The number of aliphatic carboxylic acids is 1. The molecule has 248 valence electrons. The van der Waals surface area contributed by atoms with Gasteiger partial charge in [0, 0.05) is 16.7 Å². The minimum absolute atomic E-state index is 0.0792. The molecule has 2 aromatic carbocycles. The fourth-order valence-corrected chi connectivity index (χ4v) is 7.43. The van der Waals surface area contributed by atoms with E-state index in [-0.39, 0.29) is 12.8 Å². The van der Waals surface area contributed by atoms with Crippen molar-refractivity contribution in [1.82, 2.24) is 21.3 Å². The summed E-state index contributed by atoms with van der Waals surface area (Å²) in [7, 11) is 2.29. The van der Waals surface area contributed by atoms with Gasteiger partial charge < -0.3 is 37.8 Å². The monoisotopic (exact) mass is 672 g/mol. The van der Waals surface area contributed by atoms with Crippen LogP contribution in [0.15, 0.2) is 54.6 Å². The van der Waals surface area contributed by atoms with Crippen molar-refractivity contribution in [3.63, 3.8) is 0 Å². The van der Waals surface area contributed by atoms with E-state index in [0.29, 0.717) is 11.1 Å². The van der Waals surface area contributed by atoms with Crippen LogP contribution in [0.5, 0.6) is 0 Å². The van der Waals surface area contributed by atoms with Gasteiger partial charge in [0.2, 0.25) is 29.5 Å². The van der Waals surface area contributed by atoms with E-state index in [2.05, 4.69) is 21.3 Å². The highest BCUT2D eigenvalue weighted by Crippen LogP contribution is 2.46. The highest BCUT2D eigenvalue weighted by Gasteiger charge is 2.44. The van der Waals surface area contributed by atoms with Crippen LogP contribution in [0.2, 0.25) is 0 Å². The maximum Gasteiger partial charge on any atom is 0.327 e. The average molecular weight is 673 g/mol. The molecule has 0 aliphatic carbocycles. The Kier molecular flexibility index (Phi) is 12.2. The number of carboxylic acids is 1. The third kappa shape index (κ3) is 9.96. The van der Waals surface area contributed by atoms with Crippen LogP contribution in [0, 0.1) is 0 Å². The summed E-state index contributed by atoms with van der Waals surface area (Å²) in [5.41, 5.74) is 13.2. The molecule has 0 saturated carbocycles. The minimum Gasteiger partial charge on any atom is -0.480 e. The Morgan fingerprint density at radius 3 is 2.11 bits per heavy atom. The van der Waals surface area contributed by atoms with E-state index in [1.807, 2.05) is 0 Å². The number of nitrogens with one attached hydrogen (secondary N) is 4. The number of nitrogens with two attached hydrogens (primary N) is 2. The van der Waals surface area contributed by atoms with Gasteiger partial charge in [-0.1, -0.05) is 64.1 Å². The molecule has 0 spiro atoms. The number of carbonyl (C=O) groups excluding carboxylic acids is 5. The summed E-state index contributed by atoms with van der Waals surface area (Å²) in [4.78, 5) is 76.9. The molecule has 9 N–H and O–H groups in total. The Morgan fingerprint density at radius 1 is 0.913 bits per heavy atom. The van der Waals surface area contributed by atoms with Crippen LogP contribution in [-0.2, 0) is 36.8 Å². The minimum atomic E-state index is -1.37. The summed E-state index contributed by atoms with van der Waals surface area (Å²) < 4.78 is -2.18. The maximum absolute atomic E-state index is 13.5. The van der Waals surface area contributed by atoms with Crippen LogP contribution in [-0.4, -0.2) is 80.8 Å². The predicted octanol–water partition coefficient (Wildman–Crippen LogP) is 0.505. The van der Waals surface area contributed by atoms with Crippen LogP contribution in [0.1, 0.15) is 49.2 Å². The summed E-state index contributed by atoms with van der Waals surface area (Å²) in [5.74, 6) is -4.55. The molecule has 2 aromatic rings. The van der Waals surface area contributed by atoms with Gasteiger partial charge in [0.05, 0.1) is 17.3 Å². The van der Waals surface area contributed by atoms with Gasteiger partial charge in [-0.15, -0.1) is 0 Å². The highest BCUT2D eigenvalue weighted by atomic mass is 33.1. The summed E-state index contributed by atoms with van der Waals surface area (Å²) >= 11 is 0. The molecule has 0 bridgehead atoms. The lowest BCUT2D eigenvalue weighted by Crippen LogP contribution is -2.61. The van der Waals surface area contributed by atoms with Crippen LogP contribution >= 0.6 is 21.6 Å². The van der Waals surface area contributed by atoms with Crippen molar-refractivity contribution in [1.29, 1.82) is 0 Å². The molecule has 4 atom stereocenters. The van der Waals surface area contributed by atoms with E-state index in [4.69, 9.17) is 11.5 Å². The third-order valence-corrected chi connectivity index (χ3v) is 11.6. The van der Waals surface area contributed by atoms with Gasteiger partial charge in [-0.3, -0.25) is 24.0 Å². The van der Waals surface area contributed by atoms with Crippen molar-refractivity contribution in [3.05, 3.63) is 71.3 Å². The van der Waals surface area contributed by atoms with Gasteiger partial charge in [0.1, 0.15) is 18.1 Å². The number of benzene rings is 2. The topological polar surface area (TPSA) is 223 Å². The van der Waals surface area contributed by atoms with E-state index in [9.17, 15) is 33.9 Å². The molecule has 1 heterocycles. The van der Waals surface area contributed by atoms with Gasteiger partial charge in [0.25, 0.3) is 0 Å². The Morgan fingerprint density at radius 2 is 1.52 bits per heavy atom. The van der Waals surface area contributed by atoms with Crippen LogP contribution in [0.4, 0.5) is 0 Å². The molecule has 1 aliphatic rings. The molecule has 5 amide bonds. The van der Waals surface area contributed by atoms with Gasteiger partial charge in [-0.25, -0.2) is 4.79 Å². The average Bonchev–Trinajstić information content (AvgIpc) is 2.99. The molecule has 1 fully saturated rings. The van der Waals surface area contributed by atoms with Gasteiger partial charge in [0.15, 0.2) is 0 Å². The molecule has 1 saturated heterocycles. The van der Waals surface area contributed by atoms with Crippen molar-refractivity contribution >= 4 is 57.1 Å². The number of primary amides is 1. The molecular weight excluding hydrogens is 633 g/mol. The molecule has 1 aliphatic heterocycles. The Bertz CT molecular complexity index is 1450. The molecule has 46 heavy (non-hydrogen) atoms. The maximum atomic E-state index is 13.5. The zero-order valence-corrected chi connectivity index (χ0v) is 27.6. The third-order valence-electron chi connectivity index (χ3n) is 7.33. The standard InChI is InChI=1S/C31H40N6O7S2/c1-30(2)23(36-26(40)20(32)14-18-10-12-19(13-11-18)25(33)39)28(42)34-16-22(38)35-21(15-17-8-6-5-7-9-17)27(41)37-24(29(43)44)31(3,4)46-45-30/h5-13,20-21,23-24H,14-16,32H2,1-4H3,(H2,33,39)(H,34,42)(H,35,38)(H,36,40)(H,37,41)(H,43,44)/t20-,21-,23-,24?/m0/s1. The SMILES string of the molecule is CC1(C)SSC(C)(C)[C@@H](NC(=O)[C@@H](N)Cc2ccc(C(N)=O)cc2)C(=O)NCC(=O)N[C@@H](Cc2ccccc2)C(=O)NC1C(=O)O. The molecule has 15 heteroatoms. The summed E-state index contributed by atoms with van der Waals surface area (Å²) in [5, 5.41) is 20.6. The molecule has 1 unspecified atom stereocenters. The van der Waals surface area contributed by atoms with E-state index in [0.717, 1.165) is 27.2 Å². The van der Waals surface area contributed by atoms with E-state index < -0.39 is 75.7 Å².